The first-order valence-electron chi connectivity index (χ1n) is 7.13. The highest BCUT2D eigenvalue weighted by Gasteiger charge is 2.64. The van der Waals surface area contributed by atoms with Crippen LogP contribution in [-0.4, -0.2) is 68.1 Å². The minimum absolute atomic E-state index is 0.0827. The Morgan fingerprint density at radius 3 is 2.62 bits per heavy atom. The Morgan fingerprint density at radius 1 is 1.42 bits per heavy atom. The van der Waals surface area contributed by atoms with Crippen molar-refractivity contribution in [3.63, 3.8) is 0 Å². The van der Waals surface area contributed by atoms with Crippen molar-refractivity contribution in [2.24, 2.45) is 0 Å². The van der Waals surface area contributed by atoms with E-state index in [2.05, 4.69) is 15.0 Å². The molecule has 0 radical (unpaired) electrons. The third kappa shape index (κ3) is 2.19. The molecular formula is C13H18F2N6O3. The van der Waals surface area contributed by atoms with Gasteiger partial charge >= 0.3 is 0 Å². The maximum absolute atomic E-state index is 14.9. The molecule has 132 valence electrons. The van der Waals surface area contributed by atoms with Gasteiger partial charge in [-0.25, -0.2) is 13.8 Å². The van der Waals surface area contributed by atoms with E-state index in [1.807, 2.05) is 0 Å². The summed E-state index contributed by atoms with van der Waals surface area (Å²) in [5.74, 6) is -2.63. The average Bonchev–Trinajstić information content (AvgIpc) is 3.00. The second-order valence-electron chi connectivity index (χ2n) is 6.09. The van der Waals surface area contributed by atoms with Crippen LogP contribution >= 0.6 is 0 Å². The Labute approximate surface area is 135 Å². The number of hydrogen-bond donors (Lipinski definition) is 3. The summed E-state index contributed by atoms with van der Waals surface area (Å²) in [6.07, 6.45) is -2.59. The fourth-order valence-corrected chi connectivity index (χ4v) is 2.78. The first-order valence-corrected chi connectivity index (χ1v) is 7.13. The number of imidazole rings is 1. The molecule has 2 aromatic rings. The van der Waals surface area contributed by atoms with Gasteiger partial charge < -0.3 is 25.6 Å². The van der Waals surface area contributed by atoms with E-state index in [-0.39, 0.29) is 11.6 Å². The highest BCUT2D eigenvalue weighted by molar-refractivity contribution is 5.84. The van der Waals surface area contributed by atoms with Crippen molar-refractivity contribution in [2.75, 3.05) is 31.3 Å². The lowest BCUT2D eigenvalue weighted by Crippen LogP contribution is -2.46. The average molecular weight is 344 g/mol. The molecule has 1 saturated heterocycles. The summed E-state index contributed by atoms with van der Waals surface area (Å²) >= 11 is 0. The molecule has 1 fully saturated rings. The largest absolute Gasteiger partial charge is 0.390 e. The van der Waals surface area contributed by atoms with Crippen molar-refractivity contribution in [3.05, 3.63) is 6.33 Å². The van der Waals surface area contributed by atoms with Gasteiger partial charge in [0.25, 0.3) is 5.85 Å². The second-order valence-corrected chi connectivity index (χ2v) is 6.09. The Bertz CT molecular complexity index is 782. The van der Waals surface area contributed by atoms with Gasteiger partial charge in [0.05, 0.1) is 6.33 Å². The van der Waals surface area contributed by atoms with Crippen molar-refractivity contribution in [1.29, 1.82) is 0 Å². The van der Waals surface area contributed by atoms with Gasteiger partial charge in [0.2, 0.25) is 5.95 Å². The number of rotatable bonds is 3. The highest BCUT2D eigenvalue weighted by atomic mass is 19.2. The number of aliphatic hydroxyl groups excluding tert-OH is 2. The first kappa shape index (κ1) is 16.7. The topological polar surface area (TPSA) is 123 Å². The lowest BCUT2D eigenvalue weighted by atomic mass is 9.97. The highest BCUT2D eigenvalue weighted by Crippen LogP contribution is 2.48. The molecule has 0 saturated carbocycles. The Morgan fingerprint density at radius 2 is 2.08 bits per heavy atom. The summed E-state index contributed by atoms with van der Waals surface area (Å²) in [6.45, 7) is -0.223. The van der Waals surface area contributed by atoms with Crippen LogP contribution in [0.3, 0.4) is 0 Å². The maximum atomic E-state index is 14.9. The van der Waals surface area contributed by atoms with E-state index < -0.39 is 30.5 Å². The van der Waals surface area contributed by atoms with Crippen LogP contribution in [0.25, 0.3) is 11.2 Å². The number of alkyl halides is 2. The number of hydrogen-bond acceptors (Lipinski definition) is 8. The van der Waals surface area contributed by atoms with Crippen LogP contribution in [0.4, 0.5) is 20.5 Å². The quantitative estimate of drug-likeness (QED) is 0.697. The minimum Gasteiger partial charge on any atom is -0.390 e. The van der Waals surface area contributed by atoms with Gasteiger partial charge in [-0.15, -0.1) is 0 Å². The number of nitrogens with two attached hydrogens (primary N) is 1. The first-order chi connectivity index (χ1) is 11.1. The maximum Gasteiger partial charge on any atom is 0.263 e. The van der Waals surface area contributed by atoms with Gasteiger partial charge in [-0.05, 0) is 6.92 Å². The van der Waals surface area contributed by atoms with Crippen LogP contribution < -0.4 is 10.6 Å². The number of fused-ring (bicyclic) bond motifs is 1. The molecule has 3 heterocycles. The summed E-state index contributed by atoms with van der Waals surface area (Å²) in [4.78, 5) is 13.8. The number of ether oxygens (including phenoxy) is 1. The van der Waals surface area contributed by atoms with Gasteiger partial charge in [0, 0.05) is 14.1 Å². The number of aromatic nitrogens is 4. The van der Waals surface area contributed by atoms with Gasteiger partial charge in [-0.2, -0.15) is 9.97 Å². The number of aliphatic hydroxyl groups is 2. The van der Waals surface area contributed by atoms with Crippen LogP contribution in [0.15, 0.2) is 6.33 Å². The molecule has 4 atom stereocenters. The molecule has 3 rings (SSSR count). The third-order valence-corrected chi connectivity index (χ3v) is 4.05. The summed E-state index contributed by atoms with van der Waals surface area (Å²) in [5.41, 5.74) is 3.57. The van der Waals surface area contributed by atoms with E-state index in [1.165, 1.54) is 6.33 Å². The molecule has 1 aliphatic rings. The SMILES string of the molecule is CN(C)c1nc(N)nc2c1ncn2[C@@H]1O[C@](F)(CO)C(O)[C@@]1(C)F. The van der Waals surface area contributed by atoms with Crippen molar-refractivity contribution in [1.82, 2.24) is 19.5 Å². The zero-order chi connectivity index (χ0) is 17.9. The molecular weight excluding hydrogens is 326 g/mol. The zero-order valence-electron chi connectivity index (χ0n) is 13.3. The number of anilines is 2. The summed E-state index contributed by atoms with van der Waals surface area (Å²) < 4.78 is 35.5. The molecule has 0 aromatic carbocycles. The fourth-order valence-electron chi connectivity index (χ4n) is 2.78. The molecule has 11 heteroatoms. The number of halogens is 2. The van der Waals surface area contributed by atoms with Crippen LogP contribution in [0.1, 0.15) is 13.2 Å². The Balaban J connectivity index is 2.17. The van der Waals surface area contributed by atoms with Crippen molar-refractivity contribution in [3.8, 4) is 0 Å². The molecule has 0 amide bonds. The normalized spacial score (nSPS) is 33.3. The van der Waals surface area contributed by atoms with Gasteiger partial charge in [-0.1, -0.05) is 0 Å². The molecule has 0 bridgehead atoms. The molecule has 24 heavy (non-hydrogen) atoms. The zero-order valence-corrected chi connectivity index (χ0v) is 13.3. The molecule has 4 N–H and O–H groups in total. The van der Waals surface area contributed by atoms with Crippen molar-refractivity contribution in [2.45, 2.75) is 30.8 Å². The molecule has 0 spiro atoms. The van der Waals surface area contributed by atoms with Crippen LogP contribution in [0.5, 0.6) is 0 Å². The van der Waals surface area contributed by atoms with Crippen molar-refractivity contribution >= 4 is 22.9 Å². The minimum atomic E-state index is -2.94. The number of nitrogens with zero attached hydrogens (tertiary/aromatic N) is 5. The lowest BCUT2D eigenvalue weighted by molar-refractivity contribution is -0.206. The Kier molecular flexibility index (Phi) is 3.62. The van der Waals surface area contributed by atoms with E-state index in [1.54, 1.807) is 19.0 Å². The molecule has 1 aliphatic heterocycles. The fraction of sp³-hybridized carbons (Fsp3) is 0.615. The van der Waals surface area contributed by atoms with Gasteiger partial charge in [0.15, 0.2) is 35.0 Å². The molecule has 2 aromatic heterocycles. The summed E-state index contributed by atoms with van der Waals surface area (Å²) in [6, 6.07) is 0. The molecule has 9 nitrogen and oxygen atoms in total. The van der Waals surface area contributed by atoms with Crippen LogP contribution in [0.2, 0.25) is 0 Å². The van der Waals surface area contributed by atoms with E-state index in [0.717, 1.165) is 11.5 Å². The summed E-state index contributed by atoms with van der Waals surface area (Å²) in [7, 11) is 3.43. The lowest BCUT2D eigenvalue weighted by Gasteiger charge is -2.24. The number of nitrogen functional groups attached to an aromatic ring is 1. The van der Waals surface area contributed by atoms with Crippen LogP contribution in [-0.2, 0) is 4.74 Å². The smallest absolute Gasteiger partial charge is 0.263 e. The van der Waals surface area contributed by atoms with E-state index in [9.17, 15) is 13.9 Å². The van der Waals surface area contributed by atoms with Gasteiger partial charge in [-0.3, -0.25) is 4.57 Å². The summed E-state index contributed by atoms with van der Waals surface area (Å²) in [5, 5.41) is 19.0. The predicted octanol–water partition coefficient (Wildman–Crippen LogP) is -0.250. The third-order valence-electron chi connectivity index (χ3n) is 4.05. The molecule has 1 unspecified atom stereocenters. The Hall–Kier alpha value is -2.11. The van der Waals surface area contributed by atoms with E-state index in [0.29, 0.717) is 11.3 Å². The second kappa shape index (κ2) is 5.19. The standard InChI is InChI=1S/C13H18F2N6O3/c1-12(14)9(23)13(15,4-22)24-10(12)21-5-17-6-7(20(2)3)18-11(16)19-8(6)21/h5,9-10,22-23H,4H2,1-3H3,(H2,16,18,19)/t9?,10-,12-,13-/m1/s1. The monoisotopic (exact) mass is 344 g/mol. The molecule has 0 aliphatic carbocycles. The predicted molar refractivity (Wildman–Crippen MR) is 80.6 cm³/mol. The van der Waals surface area contributed by atoms with E-state index >= 15 is 0 Å². The van der Waals surface area contributed by atoms with Gasteiger partial charge in [0.1, 0.15) is 6.61 Å². The van der Waals surface area contributed by atoms with E-state index in [4.69, 9.17) is 15.6 Å². The van der Waals surface area contributed by atoms with Crippen LogP contribution in [0, 0.1) is 0 Å². The van der Waals surface area contributed by atoms with Crippen molar-refractivity contribution < 1.29 is 23.7 Å².